The van der Waals surface area contributed by atoms with Crippen LogP contribution >= 0.6 is 11.6 Å². The zero-order valence-electron chi connectivity index (χ0n) is 11.9. The SMILES string of the molecule is Cc1nc(-c2cc(Cl)c3c(c2)OCCCO3)nc(N)c1C. The average molecular weight is 306 g/mol. The third-order valence-electron chi connectivity index (χ3n) is 3.49. The van der Waals surface area contributed by atoms with Crippen LogP contribution in [-0.4, -0.2) is 23.2 Å². The third-order valence-corrected chi connectivity index (χ3v) is 3.77. The number of anilines is 1. The predicted molar refractivity (Wildman–Crippen MR) is 82.0 cm³/mol. The van der Waals surface area contributed by atoms with Crippen LogP contribution in [0.4, 0.5) is 5.82 Å². The molecule has 1 aromatic carbocycles. The summed E-state index contributed by atoms with van der Waals surface area (Å²) >= 11 is 6.29. The maximum Gasteiger partial charge on any atom is 0.179 e. The first-order chi connectivity index (χ1) is 10.1. The molecular weight excluding hydrogens is 290 g/mol. The second-order valence-electron chi connectivity index (χ2n) is 4.98. The van der Waals surface area contributed by atoms with Gasteiger partial charge in [0.1, 0.15) is 5.82 Å². The zero-order chi connectivity index (χ0) is 15.0. The van der Waals surface area contributed by atoms with Crippen molar-refractivity contribution in [2.45, 2.75) is 20.3 Å². The molecular formula is C15H16ClN3O2. The van der Waals surface area contributed by atoms with Gasteiger partial charge < -0.3 is 15.2 Å². The number of hydrogen-bond donors (Lipinski definition) is 1. The highest BCUT2D eigenvalue weighted by atomic mass is 35.5. The number of aromatic nitrogens is 2. The van der Waals surface area contributed by atoms with Crippen molar-refractivity contribution < 1.29 is 9.47 Å². The van der Waals surface area contributed by atoms with Gasteiger partial charge in [-0.15, -0.1) is 0 Å². The van der Waals surface area contributed by atoms with Crippen LogP contribution in [0.25, 0.3) is 11.4 Å². The van der Waals surface area contributed by atoms with Crippen molar-refractivity contribution in [1.29, 1.82) is 0 Å². The summed E-state index contributed by atoms with van der Waals surface area (Å²) in [6.07, 6.45) is 0.827. The molecule has 0 fully saturated rings. The van der Waals surface area contributed by atoms with Crippen molar-refractivity contribution >= 4 is 17.4 Å². The van der Waals surface area contributed by atoms with E-state index >= 15 is 0 Å². The van der Waals surface area contributed by atoms with Crippen LogP contribution in [0.5, 0.6) is 11.5 Å². The van der Waals surface area contributed by atoms with Gasteiger partial charge in [-0.25, -0.2) is 9.97 Å². The molecule has 6 heteroatoms. The van der Waals surface area contributed by atoms with Crippen molar-refractivity contribution in [1.82, 2.24) is 9.97 Å². The minimum absolute atomic E-state index is 0.473. The summed E-state index contributed by atoms with van der Waals surface area (Å²) in [6.45, 7) is 5.00. The minimum Gasteiger partial charge on any atom is -0.489 e. The van der Waals surface area contributed by atoms with E-state index < -0.39 is 0 Å². The van der Waals surface area contributed by atoms with Gasteiger partial charge in [0.05, 0.1) is 18.2 Å². The lowest BCUT2D eigenvalue weighted by atomic mass is 10.1. The summed E-state index contributed by atoms with van der Waals surface area (Å²) in [5.74, 6) is 2.21. The lowest BCUT2D eigenvalue weighted by Gasteiger charge is -2.12. The van der Waals surface area contributed by atoms with E-state index in [-0.39, 0.29) is 0 Å². The second kappa shape index (κ2) is 5.41. The van der Waals surface area contributed by atoms with Gasteiger partial charge in [0.2, 0.25) is 0 Å². The van der Waals surface area contributed by atoms with Crippen LogP contribution in [0.15, 0.2) is 12.1 Å². The highest BCUT2D eigenvalue weighted by molar-refractivity contribution is 6.32. The summed E-state index contributed by atoms with van der Waals surface area (Å²) in [5, 5.41) is 0.491. The Morgan fingerprint density at radius 1 is 1.14 bits per heavy atom. The molecule has 0 unspecified atom stereocenters. The van der Waals surface area contributed by atoms with Crippen LogP contribution < -0.4 is 15.2 Å². The van der Waals surface area contributed by atoms with Gasteiger partial charge >= 0.3 is 0 Å². The van der Waals surface area contributed by atoms with E-state index in [1.54, 1.807) is 6.07 Å². The molecule has 1 aliphatic rings. The number of halogens is 1. The Morgan fingerprint density at radius 3 is 2.67 bits per heavy atom. The maximum absolute atomic E-state index is 6.29. The lowest BCUT2D eigenvalue weighted by Crippen LogP contribution is -2.02. The van der Waals surface area contributed by atoms with E-state index in [2.05, 4.69) is 9.97 Å². The van der Waals surface area contributed by atoms with Crippen LogP contribution in [0.1, 0.15) is 17.7 Å². The van der Waals surface area contributed by atoms with E-state index in [4.69, 9.17) is 26.8 Å². The normalized spacial score (nSPS) is 13.9. The second-order valence-corrected chi connectivity index (χ2v) is 5.39. The molecule has 0 atom stereocenters. The Hall–Kier alpha value is -2.01. The summed E-state index contributed by atoms with van der Waals surface area (Å²) in [4.78, 5) is 8.80. The molecule has 0 aliphatic carbocycles. The van der Waals surface area contributed by atoms with Gasteiger partial charge in [-0.3, -0.25) is 0 Å². The van der Waals surface area contributed by atoms with Gasteiger partial charge in [-0.05, 0) is 26.0 Å². The van der Waals surface area contributed by atoms with Gasteiger partial charge in [0.25, 0.3) is 0 Å². The predicted octanol–water partition coefficient (Wildman–Crippen LogP) is 3.16. The number of rotatable bonds is 1. The van der Waals surface area contributed by atoms with E-state index in [0.717, 1.165) is 23.2 Å². The van der Waals surface area contributed by atoms with E-state index in [0.29, 0.717) is 41.4 Å². The zero-order valence-corrected chi connectivity index (χ0v) is 12.7. The largest absolute Gasteiger partial charge is 0.489 e. The average Bonchev–Trinajstić information content (AvgIpc) is 2.69. The molecule has 0 saturated carbocycles. The molecule has 1 aromatic heterocycles. The Labute approximate surface area is 128 Å². The number of hydrogen-bond acceptors (Lipinski definition) is 5. The van der Waals surface area contributed by atoms with Crippen LogP contribution in [0.2, 0.25) is 5.02 Å². The molecule has 2 heterocycles. The van der Waals surface area contributed by atoms with Crippen molar-refractivity contribution in [3.05, 3.63) is 28.4 Å². The Kier molecular flexibility index (Phi) is 3.59. The first kappa shape index (κ1) is 13.9. The topological polar surface area (TPSA) is 70.3 Å². The molecule has 21 heavy (non-hydrogen) atoms. The van der Waals surface area contributed by atoms with E-state index in [1.165, 1.54) is 0 Å². The number of nitrogens with zero attached hydrogens (tertiary/aromatic N) is 2. The summed E-state index contributed by atoms with van der Waals surface area (Å²) in [5.41, 5.74) is 8.42. The lowest BCUT2D eigenvalue weighted by molar-refractivity contribution is 0.297. The minimum atomic E-state index is 0.473. The number of ether oxygens (including phenoxy) is 2. The van der Waals surface area contributed by atoms with Crippen molar-refractivity contribution in [3.63, 3.8) is 0 Å². The molecule has 0 saturated heterocycles. The quantitative estimate of drug-likeness (QED) is 0.876. The number of aryl methyl sites for hydroxylation is 1. The number of nitrogen functional groups attached to an aromatic ring is 1. The molecule has 0 radical (unpaired) electrons. The Bertz CT molecular complexity index is 681. The van der Waals surface area contributed by atoms with E-state index in [9.17, 15) is 0 Å². The Morgan fingerprint density at radius 2 is 1.90 bits per heavy atom. The van der Waals surface area contributed by atoms with Crippen molar-refractivity contribution in [3.8, 4) is 22.9 Å². The number of nitrogens with two attached hydrogens (primary N) is 1. The fourth-order valence-corrected chi connectivity index (χ4v) is 2.41. The first-order valence-corrected chi connectivity index (χ1v) is 7.14. The van der Waals surface area contributed by atoms with Crippen molar-refractivity contribution in [2.24, 2.45) is 0 Å². The molecule has 0 bridgehead atoms. The van der Waals surface area contributed by atoms with Crippen LogP contribution in [0.3, 0.4) is 0 Å². The first-order valence-electron chi connectivity index (χ1n) is 6.76. The van der Waals surface area contributed by atoms with Gasteiger partial charge in [-0.1, -0.05) is 11.6 Å². The van der Waals surface area contributed by atoms with Gasteiger partial charge in [0, 0.05) is 23.2 Å². The Balaban J connectivity index is 2.11. The molecule has 110 valence electrons. The molecule has 2 N–H and O–H groups in total. The number of benzene rings is 1. The smallest absolute Gasteiger partial charge is 0.179 e. The van der Waals surface area contributed by atoms with Gasteiger partial charge in [-0.2, -0.15) is 0 Å². The highest BCUT2D eigenvalue weighted by Crippen LogP contribution is 2.40. The third kappa shape index (κ3) is 2.61. The molecule has 1 aliphatic heterocycles. The summed E-state index contributed by atoms with van der Waals surface area (Å²) < 4.78 is 11.3. The molecule has 0 amide bonds. The standard InChI is InChI=1S/C15H16ClN3O2/c1-8-9(2)18-15(19-14(8)17)10-6-11(16)13-12(7-10)20-4-3-5-21-13/h6-7H,3-5H2,1-2H3,(H2,17,18,19). The highest BCUT2D eigenvalue weighted by Gasteiger charge is 2.18. The fraction of sp³-hybridized carbons (Fsp3) is 0.333. The van der Waals surface area contributed by atoms with Crippen molar-refractivity contribution in [2.75, 3.05) is 18.9 Å². The molecule has 3 rings (SSSR count). The van der Waals surface area contributed by atoms with Crippen LogP contribution in [0, 0.1) is 13.8 Å². The monoisotopic (exact) mass is 305 g/mol. The summed E-state index contributed by atoms with van der Waals surface area (Å²) in [7, 11) is 0. The molecule has 0 spiro atoms. The fourth-order valence-electron chi connectivity index (χ4n) is 2.14. The van der Waals surface area contributed by atoms with Gasteiger partial charge in [0.15, 0.2) is 17.3 Å². The summed E-state index contributed by atoms with van der Waals surface area (Å²) in [6, 6.07) is 3.62. The molecule has 5 nitrogen and oxygen atoms in total. The number of fused-ring (bicyclic) bond motifs is 1. The molecule has 2 aromatic rings. The van der Waals surface area contributed by atoms with Crippen LogP contribution in [-0.2, 0) is 0 Å². The maximum atomic E-state index is 6.29. The van der Waals surface area contributed by atoms with E-state index in [1.807, 2.05) is 19.9 Å².